The molecule has 0 aliphatic carbocycles. The molecular weight excluding hydrogens is 396 g/mol. The van der Waals surface area contributed by atoms with Gasteiger partial charge in [-0.2, -0.15) is 0 Å². The number of halogens is 1. The fourth-order valence-corrected chi connectivity index (χ4v) is 3.20. The summed E-state index contributed by atoms with van der Waals surface area (Å²) < 4.78 is 30.2. The van der Waals surface area contributed by atoms with Crippen LogP contribution in [0.5, 0.6) is 5.75 Å². The van der Waals surface area contributed by atoms with Crippen LogP contribution >= 0.6 is 15.9 Å². The van der Waals surface area contributed by atoms with E-state index in [1.54, 1.807) is 48.5 Å². The lowest BCUT2D eigenvalue weighted by Gasteiger charge is -2.15. The molecule has 1 atom stereocenters. The first kappa shape index (κ1) is 18.4. The standard InChI is InChI=1S/C16H17BrN2O4S/c1-12(23-15-9-5-8-14(17)10-15)16(20)18-19-24(21,22)11-13-6-3-2-4-7-13/h2-10,12,19H,11H2,1H3,(H,18,20)/t12-/m1/s1. The van der Waals surface area contributed by atoms with Crippen LogP contribution in [0, 0.1) is 0 Å². The summed E-state index contributed by atoms with van der Waals surface area (Å²) in [5, 5.41) is 0. The van der Waals surface area contributed by atoms with Gasteiger partial charge in [-0.15, -0.1) is 4.83 Å². The third kappa shape index (κ3) is 5.95. The molecule has 6 nitrogen and oxygen atoms in total. The van der Waals surface area contributed by atoms with Gasteiger partial charge >= 0.3 is 0 Å². The molecule has 2 N–H and O–H groups in total. The minimum atomic E-state index is -3.69. The van der Waals surface area contributed by atoms with E-state index in [9.17, 15) is 13.2 Å². The Kier molecular flexibility index (Phi) is 6.36. The largest absolute Gasteiger partial charge is 0.481 e. The van der Waals surface area contributed by atoms with E-state index in [0.717, 1.165) is 4.47 Å². The van der Waals surface area contributed by atoms with Crippen molar-refractivity contribution in [2.24, 2.45) is 0 Å². The molecule has 0 radical (unpaired) electrons. The fraction of sp³-hybridized carbons (Fsp3) is 0.188. The summed E-state index contributed by atoms with van der Waals surface area (Å²) >= 11 is 3.31. The van der Waals surface area contributed by atoms with E-state index in [4.69, 9.17) is 4.74 Å². The second-order valence-corrected chi connectivity index (χ2v) is 7.69. The lowest BCUT2D eigenvalue weighted by molar-refractivity contribution is -0.127. The van der Waals surface area contributed by atoms with Crippen LogP contribution < -0.4 is 15.0 Å². The van der Waals surface area contributed by atoms with Gasteiger partial charge in [0.05, 0.1) is 5.75 Å². The third-order valence-corrected chi connectivity index (χ3v) is 4.63. The van der Waals surface area contributed by atoms with E-state index in [1.807, 2.05) is 6.07 Å². The Hall–Kier alpha value is -1.90. The van der Waals surface area contributed by atoms with Crippen LogP contribution in [0.25, 0.3) is 0 Å². The van der Waals surface area contributed by atoms with Gasteiger partial charge in [0.15, 0.2) is 6.10 Å². The maximum absolute atomic E-state index is 12.0. The van der Waals surface area contributed by atoms with Crippen molar-refractivity contribution < 1.29 is 17.9 Å². The molecular formula is C16H17BrN2O4S. The normalized spacial score (nSPS) is 12.4. The summed E-state index contributed by atoms with van der Waals surface area (Å²) in [4.78, 5) is 14.0. The Morgan fingerprint density at radius 2 is 1.88 bits per heavy atom. The summed E-state index contributed by atoms with van der Waals surface area (Å²) in [5.74, 6) is -0.319. The molecule has 1 amide bonds. The molecule has 2 aromatic carbocycles. The molecule has 0 heterocycles. The molecule has 0 fully saturated rings. The zero-order valence-corrected chi connectivity index (χ0v) is 15.3. The van der Waals surface area contributed by atoms with Crippen LogP contribution in [-0.4, -0.2) is 20.4 Å². The van der Waals surface area contributed by atoms with Crippen LogP contribution in [0.1, 0.15) is 12.5 Å². The van der Waals surface area contributed by atoms with Gasteiger partial charge in [-0.3, -0.25) is 10.2 Å². The number of benzene rings is 2. The number of amides is 1. The Morgan fingerprint density at radius 1 is 1.17 bits per heavy atom. The van der Waals surface area contributed by atoms with Crippen molar-refractivity contribution >= 4 is 31.9 Å². The van der Waals surface area contributed by atoms with E-state index in [1.165, 1.54) is 6.92 Å². The number of carbonyl (C=O) groups excluding carboxylic acids is 1. The first-order chi connectivity index (χ1) is 11.4. The SMILES string of the molecule is C[C@@H](Oc1cccc(Br)c1)C(=O)NNS(=O)(=O)Cc1ccccc1. The van der Waals surface area contributed by atoms with Crippen molar-refractivity contribution in [3.63, 3.8) is 0 Å². The smallest absolute Gasteiger partial charge is 0.275 e. The van der Waals surface area contributed by atoms with Crippen LogP contribution in [0.15, 0.2) is 59.1 Å². The highest BCUT2D eigenvalue weighted by molar-refractivity contribution is 9.10. The molecule has 0 saturated carbocycles. The molecule has 0 aromatic heterocycles. The highest BCUT2D eigenvalue weighted by atomic mass is 79.9. The summed E-state index contributed by atoms with van der Waals surface area (Å²) in [7, 11) is -3.69. The van der Waals surface area contributed by atoms with Gasteiger partial charge < -0.3 is 4.74 Å². The minimum Gasteiger partial charge on any atom is -0.481 e. The van der Waals surface area contributed by atoms with Gasteiger partial charge in [0.2, 0.25) is 10.0 Å². The van der Waals surface area contributed by atoms with Gasteiger partial charge in [0.1, 0.15) is 5.75 Å². The third-order valence-electron chi connectivity index (χ3n) is 3.01. The van der Waals surface area contributed by atoms with Crippen molar-refractivity contribution in [2.75, 3.05) is 0 Å². The monoisotopic (exact) mass is 412 g/mol. The topological polar surface area (TPSA) is 84.5 Å². The maximum atomic E-state index is 12.0. The molecule has 8 heteroatoms. The molecule has 2 aromatic rings. The van der Waals surface area contributed by atoms with Crippen molar-refractivity contribution in [1.82, 2.24) is 10.3 Å². The van der Waals surface area contributed by atoms with E-state index in [-0.39, 0.29) is 5.75 Å². The van der Waals surface area contributed by atoms with Crippen molar-refractivity contribution in [3.05, 3.63) is 64.6 Å². The van der Waals surface area contributed by atoms with Gasteiger partial charge in [-0.1, -0.05) is 52.3 Å². The number of hydrogen-bond donors (Lipinski definition) is 2. The molecule has 0 saturated heterocycles. The Bertz CT molecular complexity index is 797. The molecule has 0 spiro atoms. The number of carbonyl (C=O) groups is 1. The summed E-state index contributed by atoms with van der Waals surface area (Å²) in [6, 6.07) is 15.7. The number of hydrogen-bond acceptors (Lipinski definition) is 4. The van der Waals surface area contributed by atoms with Gasteiger partial charge in [0, 0.05) is 4.47 Å². The van der Waals surface area contributed by atoms with Crippen LogP contribution in [-0.2, 0) is 20.6 Å². The fourth-order valence-electron chi connectivity index (χ4n) is 1.86. The molecule has 0 aliphatic heterocycles. The molecule has 24 heavy (non-hydrogen) atoms. The lowest BCUT2D eigenvalue weighted by Crippen LogP contribution is -2.47. The van der Waals surface area contributed by atoms with E-state index >= 15 is 0 Å². The molecule has 0 bridgehead atoms. The average molecular weight is 413 g/mol. The molecule has 128 valence electrons. The van der Waals surface area contributed by atoms with Crippen molar-refractivity contribution in [1.29, 1.82) is 0 Å². The van der Waals surface area contributed by atoms with Crippen molar-refractivity contribution in [2.45, 2.75) is 18.8 Å². The van der Waals surface area contributed by atoms with E-state index in [0.29, 0.717) is 11.3 Å². The first-order valence-electron chi connectivity index (χ1n) is 7.11. The number of sulfonamides is 1. The zero-order chi connectivity index (χ0) is 17.6. The lowest BCUT2D eigenvalue weighted by atomic mass is 10.2. The van der Waals surface area contributed by atoms with Gasteiger partial charge in [-0.05, 0) is 30.7 Å². The summed E-state index contributed by atoms with van der Waals surface area (Å²) in [6.45, 7) is 1.53. The van der Waals surface area contributed by atoms with Crippen LogP contribution in [0.2, 0.25) is 0 Å². The second kappa shape index (κ2) is 8.27. The van der Waals surface area contributed by atoms with Crippen LogP contribution in [0.4, 0.5) is 0 Å². The first-order valence-corrected chi connectivity index (χ1v) is 9.56. The molecule has 0 aliphatic rings. The van der Waals surface area contributed by atoms with Gasteiger partial charge in [-0.25, -0.2) is 8.42 Å². The van der Waals surface area contributed by atoms with Crippen LogP contribution in [0.3, 0.4) is 0 Å². The summed E-state index contributed by atoms with van der Waals surface area (Å²) in [5.41, 5.74) is 2.79. The number of hydrazine groups is 1. The second-order valence-electron chi connectivity index (χ2n) is 5.05. The Morgan fingerprint density at radius 3 is 2.54 bits per heavy atom. The zero-order valence-electron chi connectivity index (χ0n) is 12.9. The van der Waals surface area contributed by atoms with E-state index in [2.05, 4.69) is 26.2 Å². The van der Waals surface area contributed by atoms with E-state index < -0.39 is 22.0 Å². The molecule has 0 unspecified atom stereocenters. The highest BCUT2D eigenvalue weighted by Gasteiger charge is 2.18. The maximum Gasteiger partial charge on any atom is 0.275 e. The minimum absolute atomic E-state index is 0.227. The number of rotatable bonds is 7. The predicted molar refractivity (Wildman–Crippen MR) is 94.6 cm³/mol. The number of ether oxygens (including phenoxy) is 1. The van der Waals surface area contributed by atoms with Crippen molar-refractivity contribution in [3.8, 4) is 5.75 Å². The molecule has 2 rings (SSSR count). The Labute approximate surface area is 149 Å². The van der Waals surface area contributed by atoms with Gasteiger partial charge in [0.25, 0.3) is 5.91 Å². The Balaban J connectivity index is 1.87. The highest BCUT2D eigenvalue weighted by Crippen LogP contribution is 2.18. The average Bonchev–Trinajstić information content (AvgIpc) is 2.53. The summed E-state index contributed by atoms with van der Waals surface area (Å²) in [6.07, 6.45) is -0.862. The predicted octanol–water partition coefficient (Wildman–Crippen LogP) is 2.37. The quantitative estimate of drug-likeness (QED) is 0.683. The number of nitrogens with one attached hydrogen (secondary N) is 2.